The number of likely N-dealkylation sites (tertiary alicyclic amines) is 2. The van der Waals surface area contributed by atoms with Crippen LogP contribution in [-0.2, 0) is 4.79 Å². The van der Waals surface area contributed by atoms with Crippen molar-refractivity contribution in [2.45, 2.75) is 38.3 Å². The van der Waals surface area contributed by atoms with Crippen LogP contribution in [0.3, 0.4) is 0 Å². The van der Waals surface area contributed by atoms with Gasteiger partial charge in [-0.1, -0.05) is 6.92 Å². The number of carbonyl (C=O) groups is 2. The lowest BCUT2D eigenvalue weighted by Crippen LogP contribution is -2.52. The smallest absolute Gasteiger partial charge is 0.326 e. The van der Waals surface area contributed by atoms with Crippen LogP contribution in [0.5, 0.6) is 0 Å². The van der Waals surface area contributed by atoms with E-state index in [9.17, 15) is 19.8 Å². The predicted octanol–water partition coefficient (Wildman–Crippen LogP) is 0.358. The summed E-state index contributed by atoms with van der Waals surface area (Å²) in [5, 5.41) is 18.8. The van der Waals surface area contributed by atoms with E-state index in [2.05, 4.69) is 0 Å². The molecule has 2 amide bonds. The molecule has 2 N–H and O–H groups in total. The second-order valence-corrected chi connectivity index (χ2v) is 5.27. The highest BCUT2D eigenvalue weighted by molar-refractivity contribution is 5.83. The highest BCUT2D eigenvalue weighted by atomic mass is 16.4. The second-order valence-electron chi connectivity index (χ2n) is 5.27. The van der Waals surface area contributed by atoms with Crippen molar-refractivity contribution in [3.8, 4) is 0 Å². The van der Waals surface area contributed by atoms with Crippen molar-refractivity contribution in [3.63, 3.8) is 0 Å². The van der Waals surface area contributed by atoms with Gasteiger partial charge in [0.1, 0.15) is 6.04 Å². The van der Waals surface area contributed by atoms with Crippen molar-refractivity contribution < 1.29 is 19.8 Å². The largest absolute Gasteiger partial charge is 0.480 e. The molecule has 2 aliphatic heterocycles. The average molecular weight is 256 g/mol. The molecule has 18 heavy (non-hydrogen) atoms. The minimum absolute atomic E-state index is 0.0128. The van der Waals surface area contributed by atoms with E-state index in [1.54, 1.807) is 4.90 Å². The van der Waals surface area contributed by atoms with E-state index < -0.39 is 18.1 Å². The summed E-state index contributed by atoms with van der Waals surface area (Å²) >= 11 is 0. The fourth-order valence-corrected chi connectivity index (χ4v) is 2.85. The number of carboxylic acids is 1. The van der Waals surface area contributed by atoms with Crippen molar-refractivity contribution in [2.24, 2.45) is 5.92 Å². The van der Waals surface area contributed by atoms with Crippen LogP contribution in [0.15, 0.2) is 0 Å². The summed E-state index contributed by atoms with van der Waals surface area (Å²) in [7, 11) is 0. The maximum atomic E-state index is 12.3. The molecule has 0 spiro atoms. The van der Waals surface area contributed by atoms with Crippen LogP contribution in [-0.4, -0.2) is 63.8 Å². The van der Waals surface area contributed by atoms with Gasteiger partial charge in [0.05, 0.1) is 6.10 Å². The van der Waals surface area contributed by atoms with E-state index in [-0.39, 0.29) is 11.9 Å². The number of amides is 2. The molecule has 2 fully saturated rings. The topological polar surface area (TPSA) is 81.1 Å². The molecule has 0 aromatic carbocycles. The highest BCUT2D eigenvalue weighted by Gasteiger charge is 2.41. The van der Waals surface area contributed by atoms with Crippen LogP contribution in [0.4, 0.5) is 4.79 Å². The highest BCUT2D eigenvalue weighted by Crippen LogP contribution is 2.26. The zero-order valence-electron chi connectivity index (χ0n) is 10.6. The van der Waals surface area contributed by atoms with Crippen LogP contribution >= 0.6 is 0 Å². The van der Waals surface area contributed by atoms with E-state index in [1.165, 1.54) is 4.90 Å². The third-order valence-corrected chi connectivity index (χ3v) is 3.87. The zero-order valence-corrected chi connectivity index (χ0v) is 10.6. The molecule has 3 unspecified atom stereocenters. The van der Waals surface area contributed by atoms with Gasteiger partial charge in [0.15, 0.2) is 0 Å². The summed E-state index contributed by atoms with van der Waals surface area (Å²) in [4.78, 5) is 26.5. The molecule has 102 valence electrons. The number of urea groups is 1. The van der Waals surface area contributed by atoms with Crippen molar-refractivity contribution in [1.82, 2.24) is 9.80 Å². The quantitative estimate of drug-likeness (QED) is 0.709. The van der Waals surface area contributed by atoms with Crippen molar-refractivity contribution in [2.75, 3.05) is 19.6 Å². The number of aliphatic carboxylic acids is 1. The molecule has 0 saturated carbocycles. The van der Waals surface area contributed by atoms with E-state index in [1.807, 2.05) is 6.92 Å². The number of aliphatic hydroxyl groups is 1. The Labute approximate surface area is 106 Å². The molecule has 0 aliphatic carbocycles. The molecule has 0 bridgehead atoms. The first-order valence-electron chi connectivity index (χ1n) is 6.47. The Bertz CT molecular complexity index is 347. The fourth-order valence-electron chi connectivity index (χ4n) is 2.85. The standard InChI is InChI=1S/C12H20N2O4/c1-8-4-6-14(10(8)11(16)17)12(18)13-5-2-3-9(15)7-13/h8-10,15H,2-7H2,1H3,(H,16,17). The Morgan fingerprint density at radius 2 is 1.94 bits per heavy atom. The van der Waals surface area contributed by atoms with Gasteiger partial charge in [0.25, 0.3) is 0 Å². The van der Waals surface area contributed by atoms with Crippen molar-refractivity contribution in [3.05, 3.63) is 0 Å². The minimum atomic E-state index is -0.939. The lowest BCUT2D eigenvalue weighted by molar-refractivity contribution is -0.142. The number of β-amino-alcohol motifs (C(OH)–C–C–N with tert-alkyl or cyclic N) is 1. The van der Waals surface area contributed by atoms with Gasteiger partial charge in [0.2, 0.25) is 0 Å². The fraction of sp³-hybridized carbons (Fsp3) is 0.833. The first-order chi connectivity index (χ1) is 8.50. The van der Waals surface area contributed by atoms with E-state index >= 15 is 0 Å². The number of nitrogens with zero attached hydrogens (tertiary/aromatic N) is 2. The summed E-state index contributed by atoms with van der Waals surface area (Å²) in [5.74, 6) is -0.952. The van der Waals surface area contributed by atoms with E-state index in [4.69, 9.17) is 0 Å². The van der Waals surface area contributed by atoms with Crippen LogP contribution in [0.2, 0.25) is 0 Å². The van der Waals surface area contributed by atoms with Crippen LogP contribution < -0.4 is 0 Å². The first-order valence-corrected chi connectivity index (χ1v) is 6.47. The number of aliphatic hydroxyl groups excluding tert-OH is 1. The van der Waals surface area contributed by atoms with E-state index in [0.29, 0.717) is 26.1 Å². The molecule has 0 aromatic heterocycles. The number of hydrogen-bond donors (Lipinski definition) is 2. The summed E-state index contributed by atoms with van der Waals surface area (Å²) in [6.07, 6.45) is 1.72. The summed E-state index contributed by atoms with van der Waals surface area (Å²) in [5.41, 5.74) is 0. The molecule has 6 nitrogen and oxygen atoms in total. The lowest BCUT2D eigenvalue weighted by atomic mass is 10.0. The Morgan fingerprint density at radius 1 is 1.22 bits per heavy atom. The number of carbonyl (C=O) groups excluding carboxylic acids is 1. The Kier molecular flexibility index (Phi) is 3.75. The molecule has 0 aromatic rings. The summed E-state index contributed by atoms with van der Waals surface area (Å²) < 4.78 is 0. The number of rotatable bonds is 1. The maximum absolute atomic E-state index is 12.3. The second kappa shape index (κ2) is 5.14. The van der Waals surface area contributed by atoms with Gasteiger partial charge < -0.3 is 20.0 Å². The molecule has 0 radical (unpaired) electrons. The van der Waals surface area contributed by atoms with Gasteiger partial charge in [0, 0.05) is 19.6 Å². The molecule has 2 rings (SSSR count). The molecule has 2 saturated heterocycles. The molecular weight excluding hydrogens is 236 g/mol. The Morgan fingerprint density at radius 3 is 2.56 bits per heavy atom. The Balaban J connectivity index is 2.06. The Hall–Kier alpha value is -1.30. The monoisotopic (exact) mass is 256 g/mol. The number of carboxylic acid groups (broad SMARTS) is 1. The zero-order chi connectivity index (χ0) is 13.3. The molecule has 2 heterocycles. The molecule has 2 aliphatic rings. The van der Waals surface area contributed by atoms with Gasteiger partial charge >= 0.3 is 12.0 Å². The third kappa shape index (κ3) is 2.43. The molecule has 6 heteroatoms. The molecular formula is C12H20N2O4. The van der Waals surface area contributed by atoms with Crippen molar-refractivity contribution in [1.29, 1.82) is 0 Å². The normalized spacial score (nSPS) is 32.7. The molecule has 3 atom stereocenters. The van der Waals surface area contributed by atoms with Gasteiger partial charge in [-0.05, 0) is 25.2 Å². The average Bonchev–Trinajstić information content (AvgIpc) is 2.70. The van der Waals surface area contributed by atoms with Crippen LogP contribution in [0.25, 0.3) is 0 Å². The van der Waals surface area contributed by atoms with Gasteiger partial charge in [-0.25, -0.2) is 9.59 Å². The SMILES string of the molecule is CC1CCN(C(=O)N2CCCC(O)C2)C1C(=O)O. The van der Waals surface area contributed by atoms with Crippen LogP contribution in [0, 0.1) is 5.92 Å². The van der Waals surface area contributed by atoms with E-state index in [0.717, 1.165) is 12.8 Å². The predicted molar refractivity (Wildman–Crippen MR) is 64.1 cm³/mol. The summed E-state index contributed by atoms with van der Waals surface area (Å²) in [6.45, 7) is 3.27. The third-order valence-electron chi connectivity index (χ3n) is 3.87. The first kappa shape index (κ1) is 13.1. The maximum Gasteiger partial charge on any atom is 0.326 e. The lowest BCUT2D eigenvalue weighted by Gasteiger charge is -2.35. The number of piperidine rings is 1. The van der Waals surface area contributed by atoms with Crippen LogP contribution in [0.1, 0.15) is 26.2 Å². The summed E-state index contributed by atoms with van der Waals surface area (Å²) in [6, 6.07) is -0.970. The van der Waals surface area contributed by atoms with Gasteiger partial charge in [-0.15, -0.1) is 0 Å². The van der Waals surface area contributed by atoms with Gasteiger partial charge in [-0.2, -0.15) is 0 Å². The minimum Gasteiger partial charge on any atom is -0.480 e. The van der Waals surface area contributed by atoms with Crippen molar-refractivity contribution >= 4 is 12.0 Å². The number of hydrogen-bond acceptors (Lipinski definition) is 3. The van der Waals surface area contributed by atoms with Gasteiger partial charge in [-0.3, -0.25) is 0 Å².